The second-order valence-electron chi connectivity index (χ2n) is 5.48. The number of hydrogen-bond donors (Lipinski definition) is 0. The molecule has 0 fully saturated rings. The molecule has 122 valence electrons. The lowest BCUT2D eigenvalue weighted by Crippen LogP contribution is -2.01. The van der Waals surface area contributed by atoms with Crippen molar-refractivity contribution in [1.29, 1.82) is 0 Å². The van der Waals surface area contributed by atoms with E-state index in [4.69, 9.17) is 4.74 Å². The van der Waals surface area contributed by atoms with Gasteiger partial charge in [0.2, 0.25) is 0 Å². The predicted octanol–water partition coefficient (Wildman–Crippen LogP) is 6.40. The zero-order valence-corrected chi connectivity index (χ0v) is 15.5. The van der Waals surface area contributed by atoms with Crippen LogP contribution in [0.2, 0.25) is 0 Å². The Bertz CT molecular complexity index is 296. The van der Waals surface area contributed by atoms with Gasteiger partial charge in [-0.3, -0.25) is 0 Å². The minimum atomic E-state index is 0.281. The van der Waals surface area contributed by atoms with Crippen molar-refractivity contribution >= 4 is 9.24 Å². The van der Waals surface area contributed by atoms with Crippen LogP contribution in [0, 0.1) is 0 Å². The topological polar surface area (TPSA) is 9.23 Å². The molecule has 2 atom stereocenters. The standard InChI is InChI=1S/C14H22O.C5H13P/c1-3-4-5-9-12-14(15-2)13-10-7-6-8-11-13;1-2-3-4-5-6/h6-8,10-11,14H,3-5,9,12H2,1-2H3;2-6H2,1H3. The van der Waals surface area contributed by atoms with Gasteiger partial charge in [0.25, 0.3) is 0 Å². The van der Waals surface area contributed by atoms with Gasteiger partial charge >= 0.3 is 0 Å². The molecule has 0 aliphatic rings. The van der Waals surface area contributed by atoms with Gasteiger partial charge in [-0.15, -0.1) is 9.24 Å². The van der Waals surface area contributed by atoms with E-state index in [0.717, 1.165) is 6.42 Å². The quantitative estimate of drug-likeness (QED) is 0.359. The molecule has 0 aliphatic heterocycles. The summed E-state index contributed by atoms with van der Waals surface area (Å²) in [6.45, 7) is 4.46. The van der Waals surface area contributed by atoms with Crippen LogP contribution in [0.3, 0.4) is 0 Å². The molecule has 1 aromatic carbocycles. The Kier molecular flexibility index (Phi) is 15.7. The van der Waals surface area contributed by atoms with E-state index in [1.807, 2.05) is 6.07 Å². The normalized spacial score (nSPS) is 11.6. The van der Waals surface area contributed by atoms with E-state index in [2.05, 4.69) is 47.4 Å². The van der Waals surface area contributed by atoms with Crippen LogP contribution < -0.4 is 0 Å². The van der Waals surface area contributed by atoms with Gasteiger partial charge in [-0.1, -0.05) is 82.7 Å². The fraction of sp³-hybridized carbons (Fsp3) is 0.684. The SMILES string of the molecule is CCCCCCC(OC)c1ccccc1.CCCCCP. The zero-order valence-electron chi connectivity index (χ0n) is 14.3. The van der Waals surface area contributed by atoms with E-state index < -0.39 is 0 Å². The molecule has 0 bridgehead atoms. The van der Waals surface area contributed by atoms with E-state index >= 15 is 0 Å². The van der Waals surface area contributed by atoms with Crippen molar-refractivity contribution in [2.24, 2.45) is 0 Å². The second-order valence-corrected chi connectivity index (χ2v) is 6.06. The van der Waals surface area contributed by atoms with Crippen LogP contribution >= 0.6 is 9.24 Å². The zero-order chi connectivity index (χ0) is 15.8. The summed E-state index contributed by atoms with van der Waals surface area (Å²) in [5.74, 6) is 0. The van der Waals surface area contributed by atoms with Crippen LogP contribution in [-0.4, -0.2) is 13.3 Å². The van der Waals surface area contributed by atoms with Crippen molar-refractivity contribution in [3.05, 3.63) is 35.9 Å². The Morgan fingerprint density at radius 3 is 2.00 bits per heavy atom. The van der Waals surface area contributed by atoms with Crippen molar-refractivity contribution in [2.45, 2.75) is 71.3 Å². The fourth-order valence-corrected chi connectivity index (χ4v) is 2.53. The summed E-state index contributed by atoms with van der Waals surface area (Å²) in [7, 11) is 4.53. The summed E-state index contributed by atoms with van der Waals surface area (Å²) >= 11 is 0. The molecule has 1 aromatic rings. The maximum absolute atomic E-state index is 5.52. The molecular weight excluding hydrogens is 275 g/mol. The monoisotopic (exact) mass is 310 g/mol. The van der Waals surface area contributed by atoms with Crippen LogP contribution in [0.1, 0.15) is 76.9 Å². The third kappa shape index (κ3) is 11.9. The predicted molar refractivity (Wildman–Crippen MR) is 99.1 cm³/mol. The molecular formula is C19H35OP. The minimum absolute atomic E-state index is 0.281. The van der Waals surface area contributed by atoms with E-state index in [1.54, 1.807) is 7.11 Å². The first-order valence-corrected chi connectivity index (χ1v) is 9.39. The first-order chi connectivity index (χ1) is 10.3. The van der Waals surface area contributed by atoms with Gasteiger partial charge in [-0.2, -0.15) is 0 Å². The first-order valence-electron chi connectivity index (χ1n) is 8.57. The van der Waals surface area contributed by atoms with E-state index in [9.17, 15) is 0 Å². The van der Waals surface area contributed by atoms with Crippen LogP contribution in [-0.2, 0) is 4.74 Å². The van der Waals surface area contributed by atoms with Gasteiger partial charge in [0.05, 0.1) is 6.10 Å². The van der Waals surface area contributed by atoms with Crippen molar-refractivity contribution in [3.63, 3.8) is 0 Å². The summed E-state index contributed by atoms with van der Waals surface area (Å²) in [4.78, 5) is 0. The molecule has 2 unspecified atom stereocenters. The molecule has 1 nitrogen and oxygen atoms in total. The molecule has 0 amide bonds. The van der Waals surface area contributed by atoms with Crippen LogP contribution in [0.25, 0.3) is 0 Å². The highest BCUT2D eigenvalue weighted by molar-refractivity contribution is 7.16. The molecule has 21 heavy (non-hydrogen) atoms. The van der Waals surface area contributed by atoms with Gasteiger partial charge in [0, 0.05) is 7.11 Å². The Hall–Kier alpha value is -0.390. The number of rotatable bonds is 10. The molecule has 0 N–H and O–H groups in total. The highest BCUT2D eigenvalue weighted by atomic mass is 31.0. The number of hydrogen-bond acceptors (Lipinski definition) is 1. The Morgan fingerprint density at radius 1 is 0.905 bits per heavy atom. The summed E-state index contributed by atoms with van der Waals surface area (Å²) < 4.78 is 5.52. The van der Waals surface area contributed by atoms with Crippen molar-refractivity contribution < 1.29 is 4.74 Å². The largest absolute Gasteiger partial charge is 0.377 e. The van der Waals surface area contributed by atoms with Gasteiger partial charge in [-0.25, -0.2) is 0 Å². The average molecular weight is 310 g/mol. The third-order valence-corrected chi connectivity index (χ3v) is 3.99. The summed E-state index contributed by atoms with van der Waals surface area (Å²) in [5.41, 5.74) is 1.30. The lowest BCUT2D eigenvalue weighted by atomic mass is 10.0. The lowest BCUT2D eigenvalue weighted by Gasteiger charge is -2.15. The van der Waals surface area contributed by atoms with Crippen molar-refractivity contribution in [3.8, 4) is 0 Å². The minimum Gasteiger partial charge on any atom is -0.377 e. The van der Waals surface area contributed by atoms with E-state index in [1.165, 1.54) is 56.7 Å². The maximum atomic E-state index is 5.52. The van der Waals surface area contributed by atoms with Gasteiger partial charge in [0.1, 0.15) is 0 Å². The smallest absolute Gasteiger partial charge is 0.0821 e. The fourth-order valence-electron chi connectivity index (χ4n) is 2.24. The van der Waals surface area contributed by atoms with Crippen LogP contribution in [0.15, 0.2) is 30.3 Å². The number of benzene rings is 1. The van der Waals surface area contributed by atoms with E-state index in [0.29, 0.717) is 0 Å². The van der Waals surface area contributed by atoms with Crippen molar-refractivity contribution in [1.82, 2.24) is 0 Å². The Balaban J connectivity index is 0.000000567. The maximum Gasteiger partial charge on any atom is 0.0821 e. The molecule has 0 aromatic heterocycles. The summed E-state index contributed by atoms with van der Waals surface area (Å²) in [6, 6.07) is 10.5. The highest BCUT2D eigenvalue weighted by Gasteiger charge is 2.08. The third-order valence-electron chi connectivity index (χ3n) is 3.58. The average Bonchev–Trinajstić information content (AvgIpc) is 2.54. The lowest BCUT2D eigenvalue weighted by molar-refractivity contribution is 0.0931. The van der Waals surface area contributed by atoms with Gasteiger partial charge < -0.3 is 4.74 Å². The number of ether oxygens (including phenoxy) is 1. The number of unbranched alkanes of at least 4 members (excludes halogenated alkanes) is 5. The molecule has 2 heteroatoms. The molecule has 0 heterocycles. The highest BCUT2D eigenvalue weighted by Crippen LogP contribution is 2.22. The van der Waals surface area contributed by atoms with Crippen molar-refractivity contribution in [2.75, 3.05) is 13.3 Å². The van der Waals surface area contributed by atoms with Crippen LogP contribution in [0.4, 0.5) is 0 Å². The molecule has 0 radical (unpaired) electrons. The Morgan fingerprint density at radius 2 is 1.52 bits per heavy atom. The number of methoxy groups -OCH3 is 1. The van der Waals surface area contributed by atoms with E-state index in [-0.39, 0.29) is 6.10 Å². The molecule has 1 rings (SSSR count). The molecule has 0 saturated carbocycles. The first kappa shape index (κ1) is 20.6. The molecule has 0 saturated heterocycles. The summed E-state index contributed by atoms with van der Waals surface area (Å²) in [5, 5.41) is 0. The van der Waals surface area contributed by atoms with Gasteiger partial charge in [0.15, 0.2) is 0 Å². The molecule has 0 spiro atoms. The van der Waals surface area contributed by atoms with Crippen LogP contribution in [0.5, 0.6) is 0 Å². The Labute approximate surface area is 135 Å². The molecule has 0 aliphatic carbocycles. The van der Waals surface area contributed by atoms with Gasteiger partial charge in [-0.05, 0) is 24.6 Å². The second kappa shape index (κ2) is 16.0. The summed E-state index contributed by atoms with van der Waals surface area (Å²) in [6.07, 6.45) is 12.0.